The summed E-state index contributed by atoms with van der Waals surface area (Å²) in [6.45, 7) is 6.27. The molecule has 2 heterocycles. The van der Waals surface area contributed by atoms with Gasteiger partial charge in [-0.25, -0.2) is 0 Å². The van der Waals surface area contributed by atoms with Gasteiger partial charge in [0.15, 0.2) is 0 Å². The van der Waals surface area contributed by atoms with Gasteiger partial charge >= 0.3 is 5.97 Å². The Hall–Kier alpha value is -2.57. The standard InChI is InChI=1S/C24H27ClN2O4/c1-23(2,3)12-18-24(16-9-8-14(25)11-17(16)26-22(24)30)19(20(27-18)21(28)29)13-6-5-7-15(10-13)31-4/h5-11,18-20,27H,12H2,1-4H3,(H,26,30)(H,28,29)/t18-,19+,20-,24+/m1/s1. The minimum absolute atomic E-state index is 0.132. The third-order valence-corrected chi connectivity index (χ3v) is 6.58. The SMILES string of the molecule is COc1cccc([C@H]2[C@H](C(=O)O)N[C@H](CC(C)(C)C)[C@]23C(=O)Nc2cc(Cl)ccc23)c1. The van der Waals surface area contributed by atoms with Crippen molar-refractivity contribution in [3.8, 4) is 5.75 Å². The zero-order valence-electron chi connectivity index (χ0n) is 18.0. The molecule has 7 heteroatoms. The lowest BCUT2D eigenvalue weighted by atomic mass is 9.62. The zero-order valence-corrected chi connectivity index (χ0v) is 18.8. The van der Waals surface area contributed by atoms with Crippen LogP contribution in [-0.2, 0) is 15.0 Å². The molecule has 1 spiro atoms. The number of methoxy groups -OCH3 is 1. The second-order valence-corrected chi connectivity index (χ2v) is 10.0. The molecule has 0 aliphatic carbocycles. The first-order valence-corrected chi connectivity index (χ1v) is 10.7. The fourth-order valence-electron chi connectivity index (χ4n) is 5.24. The Morgan fingerprint density at radius 1 is 1.23 bits per heavy atom. The highest BCUT2D eigenvalue weighted by atomic mass is 35.5. The van der Waals surface area contributed by atoms with E-state index < -0.39 is 23.3 Å². The van der Waals surface area contributed by atoms with E-state index in [0.717, 1.165) is 11.1 Å². The van der Waals surface area contributed by atoms with Crippen molar-refractivity contribution >= 4 is 29.2 Å². The molecule has 2 aliphatic heterocycles. The first-order chi connectivity index (χ1) is 14.6. The van der Waals surface area contributed by atoms with Gasteiger partial charge in [0.05, 0.1) is 7.11 Å². The Labute approximate surface area is 186 Å². The van der Waals surface area contributed by atoms with E-state index in [0.29, 0.717) is 22.9 Å². The van der Waals surface area contributed by atoms with Gasteiger partial charge in [-0.2, -0.15) is 0 Å². The maximum absolute atomic E-state index is 13.8. The average Bonchev–Trinajstić information content (AvgIpc) is 3.16. The predicted molar refractivity (Wildman–Crippen MR) is 120 cm³/mol. The molecular formula is C24H27ClN2O4. The molecule has 0 radical (unpaired) electrons. The number of rotatable bonds is 4. The van der Waals surface area contributed by atoms with Crippen LogP contribution < -0.4 is 15.4 Å². The maximum Gasteiger partial charge on any atom is 0.321 e. The number of amides is 1. The Morgan fingerprint density at radius 3 is 2.61 bits per heavy atom. The van der Waals surface area contributed by atoms with E-state index in [-0.39, 0.29) is 17.4 Å². The predicted octanol–water partition coefficient (Wildman–Crippen LogP) is 4.18. The molecule has 164 valence electrons. The van der Waals surface area contributed by atoms with Crippen LogP contribution in [-0.4, -0.2) is 36.2 Å². The molecule has 1 fully saturated rings. The largest absolute Gasteiger partial charge is 0.497 e. The highest BCUT2D eigenvalue weighted by molar-refractivity contribution is 6.31. The van der Waals surface area contributed by atoms with Crippen LogP contribution in [0.4, 0.5) is 5.69 Å². The lowest BCUT2D eigenvalue weighted by Gasteiger charge is -2.37. The molecule has 0 bridgehead atoms. The first kappa shape index (κ1) is 21.7. The number of carboxylic acids is 1. The van der Waals surface area contributed by atoms with Crippen LogP contribution in [0.5, 0.6) is 5.75 Å². The number of aliphatic carboxylic acids is 1. The molecule has 3 N–H and O–H groups in total. The van der Waals surface area contributed by atoms with Crippen molar-refractivity contribution in [2.75, 3.05) is 12.4 Å². The van der Waals surface area contributed by atoms with Crippen LogP contribution in [0.2, 0.25) is 5.02 Å². The lowest BCUT2D eigenvalue weighted by Crippen LogP contribution is -2.49. The minimum atomic E-state index is -1.09. The molecule has 1 saturated heterocycles. The smallest absolute Gasteiger partial charge is 0.321 e. The second-order valence-electron chi connectivity index (χ2n) is 9.57. The topological polar surface area (TPSA) is 87.7 Å². The van der Waals surface area contributed by atoms with Gasteiger partial charge in [0.25, 0.3) is 0 Å². The molecule has 31 heavy (non-hydrogen) atoms. The highest BCUT2D eigenvalue weighted by Crippen LogP contribution is 2.56. The van der Waals surface area contributed by atoms with Gasteiger partial charge in [0.1, 0.15) is 17.2 Å². The minimum Gasteiger partial charge on any atom is -0.497 e. The van der Waals surface area contributed by atoms with E-state index in [9.17, 15) is 14.7 Å². The van der Waals surface area contributed by atoms with Crippen LogP contribution in [0.3, 0.4) is 0 Å². The Morgan fingerprint density at radius 2 is 1.97 bits per heavy atom. The summed E-state index contributed by atoms with van der Waals surface area (Å²) in [5.74, 6) is -1.21. The molecule has 1 amide bonds. The van der Waals surface area contributed by atoms with Gasteiger partial charge in [-0.05, 0) is 47.2 Å². The highest BCUT2D eigenvalue weighted by Gasteiger charge is 2.65. The quantitative estimate of drug-likeness (QED) is 0.661. The van der Waals surface area contributed by atoms with E-state index in [4.69, 9.17) is 16.3 Å². The second kappa shape index (κ2) is 7.53. The van der Waals surface area contributed by atoms with Crippen molar-refractivity contribution in [3.05, 3.63) is 58.6 Å². The fourth-order valence-corrected chi connectivity index (χ4v) is 5.42. The zero-order chi connectivity index (χ0) is 22.6. The third-order valence-electron chi connectivity index (χ3n) is 6.34. The molecular weight excluding hydrogens is 416 g/mol. The average molecular weight is 443 g/mol. The lowest BCUT2D eigenvalue weighted by molar-refractivity contribution is -0.139. The van der Waals surface area contributed by atoms with Gasteiger partial charge in [0, 0.05) is 22.7 Å². The number of ether oxygens (including phenoxy) is 1. The van der Waals surface area contributed by atoms with E-state index >= 15 is 0 Å². The first-order valence-electron chi connectivity index (χ1n) is 10.3. The monoisotopic (exact) mass is 442 g/mol. The van der Waals surface area contributed by atoms with Crippen molar-refractivity contribution in [2.24, 2.45) is 5.41 Å². The Balaban J connectivity index is 2.00. The van der Waals surface area contributed by atoms with Gasteiger partial charge in [0.2, 0.25) is 5.91 Å². The van der Waals surface area contributed by atoms with Gasteiger partial charge < -0.3 is 15.2 Å². The molecule has 0 unspecified atom stereocenters. The van der Waals surface area contributed by atoms with Crippen LogP contribution >= 0.6 is 11.6 Å². The molecule has 0 saturated carbocycles. The van der Waals surface area contributed by atoms with Crippen molar-refractivity contribution in [2.45, 2.75) is 50.6 Å². The number of benzene rings is 2. The van der Waals surface area contributed by atoms with Gasteiger partial charge in [-0.15, -0.1) is 0 Å². The summed E-state index contributed by atoms with van der Waals surface area (Å²) in [5.41, 5.74) is 0.931. The van der Waals surface area contributed by atoms with E-state index in [1.54, 1.807) is 19.2 Å². The summed E-state index contributed by atoms with van der Waals surface area (Å²) in [6, 6.07) is 11.3. The van der Waals surface area contributed by atoms with Crippen LogP contribution in [0.15, 0.2) is 42.5 Å². The van der Waals surface area contributed by atoms with Crippen LogP contribution in [0, 0.1) is 5.41 Å². The van der Waals surface area contributed by atoms with Crippen molar-refractivity contribution in [3.63, 3.8) is 0 Å². The summed E-state index contributed by atoms with van der Waals surface area (Å²) in [4.78, 5) is 26.2. The van der Waals surface area contributed by atoms with Crippen LogP contribution in [0.25, 0.3) is 0 Å². The third kappa shape index (κ3) is 3.48. The number of carboxylic acid groups (broad SMARTS) is 1. The summed E-state index contributed by atoms with van der Waals surface area (Å²) in [5, 5.41) is 17.0. The molecule has 4 rings (SSSR count). The molecule has 2 aromatic carbocycles. The fraction of sp³-hybridized carbons (Fsp3) is 0.417. The number of hydrogen-bond donors (Lipinski definition) is 3. The summed E-state index contributed by atoms with van der Waals surface area (Å²) >= 11 is 6.20. The summed E-state index contributed by atoms with van der Waals surface area (Å²) in [6.07, 6.45) is 0.618. The van der Waals surface area contributed by atoms with E-state index in [1.807, 2.05) is 30.3 Å². The number of carbonyl (C=O) groups excluding carboxylic acids is 1. The normalized spacial score (nSPS) is 27.3. The molecule has 4 atom stereocenters. The molecule has 2 aliphatic rings. The number of nitrogens with one attached hydrogen (secondary N) is 2. The summed E-state index contributed by atoms with van der Waals surface area (Å²) < 4.78 is 5.39. The molecule has 2 aromatic rings. The van der Waals surface area contributed by atoms with Crippen molar-refractivity contribution in [1.29, 1.82) is 0 Å². The number of fused-ring (bicyclic) bond motifs is 2. The van der Waals surface area contributed by atoms with Crippen molar-refractivity contribution < 1.29 is 19.4 Å². The van der Waals surface area contributed by atoms with Gasteiger partial charge in [-0.1, -0.05) is 50.6 Å². The number of hydrogen-bond acceptors (Lipinski definition) is 4. The molecule has 0 aromatic heterocycles. The Bertz CT molecular complexity index is 1050. The Kier molecular flexibility index (Phi) is 5.26. The van der Waals surface area contributed by atoms with Gasteiger partial charge in [-0.3, -0.25) is 14.9 Å². The number of halogens is 1. The van der Waals surface area contributed by atoms with E-state index in [1.165, 1.54) is 0 Å². The maximum atomic E-state index is 13.8. The number of carbonyl (C=O) groups is 2. The molecule has 6 nitrogen and oxygen atoms in total. The van der Waals surface area contributed by atoms with Crippen molar-refractivity contribution in [1.82, 2.24) is 5.32 Å². The van der Waals surface area contributed by atoms with E-state index in [2.05, 4.69) is 31.4 Å². The number of anilines is 1. The summed E-state index contributed by atoms with van der Waals surface area (Å²) in [7, 11) is 1.57. The van der Waals surface area contributed by atoms with Crippen LogP contribution in [0.1, 0.15) is 44.2 Å².